The molecule has 38 heavy (non-hydrogen) atoms. The van der Waals surface area contributed by atoms with Crippen molar-refractivity contribution in [3.63, 3.8) is 0 Å². The van der Waals surface area contributed by atoms with Crippen molar-refractivity contribution in [1.82, 2.24) is 0 Å². The summed E-state index contributed by atoms with van der Waals surface area (Å²) in [6, 6.07) is 0. The van der Waals surface area contributed by atoms with Crippen molar-refractivity contribution in [2.24, 2.45) is 17.8 Å². The highest BCUT2D eigenvalue weighted by molar-refractivity contribution is 5.86. The van der Waals surface area contributed by atoms with Gasteiger partial charge in [-0.15, -0.1) is 0 Å². The van der Waals surface area contributed by atoms with Crippen LogP contribution in [0.15, 0.2) is 12.2 Å². The van der Waals surface area contributed by atoms with Gasteiger partial charge in [0, 0.05) is 5.57 Å². The van der Waals surface area contributed by atoms with Crippen molar-refractivity contribution in [1.29, 1.82) is 0 Å². The van der Waals surface area contributed by atoms with Gasteiger partial charge in [-0.05, 0) is 37.5 Å². The fourth-order valence-corrected chi connectivity index (χ4v) is 5.62. The number of rotatable bonds is 29. The summed E-state index contributed by atoms with van der Waals surface area (Å²) in [5.74, 6) is 1.91. The number of hydrogen-bond donors (Lipinski definition) is 0. The molecule has 0 aliphatic heterocycles. The molecule has 0 aliphatic rings. The van der Waals surface area contributed by atoms with E-state index in [1.54, 1.807) is 6.92 Å². The van der Waals surface area contributed by atoms with E-state index in [2.05, 4.69) is 34.3 Å². The zero-order chi connectivity index (χ0) is 28.3. The summed E-state index contributed by atoms with van der Waals surface area (Å²) >= 11 is 0. The van der Waals surface area contributed by atoms with Gasteiger partial charge in [-0.25, -0.2) is 4.79 Å². The summed E-state index contributed by atoms with van der Waals surface area (Å²) in [5.41, 5.74) is 0.515. The Morgan fingerprint density at radius 2 is 0.921 bits per heavy atom. The monoisotopic (exact) mass is 535 g/mol. The van der Waals surface area contributed by atoms with Gasteiger partial charge in [-0.1, -0.05) is 176 Å². The number of ether oxygens (including phenoxy) is 1. The van der Waals surface area contributed by atoms with Crippen molar-refractivity contribution in [2.75, 3.05) is 6.61 Å². The van der Waals surface area contributed by atoms with Gasteiger partial charge in [-0.2, -0.15) is 0 Å². The number of hydrogen-bond acceptors (Lipinski definition) is 2. The van der Waals surface area contributed by atoms with E-state index in [9.17, 15) is 4.79 Å². The summed E-state index contributed by atoms with van der Waals surface area (Å²) in [6.07, 6.45) is 32.8. The Kier molecular flexibility index (Phi) is 27.2. The molecule has 0 N–H and O–H groups in total. The standard InChI is InChI=1S/C36H70O2/c1-7-9-11-13-15-17-19-21-25-33(5)27-23-24-28-35(31-38-36(37)32(3)4)30-29-34(6)26-22-20-18-16-14-12-10-8-2/h33-35H,3,7-31H2,1-2,4-6H3. The Balaban J connectivity index is 4.08. The molecule has 3 atom stereocenters. The third-order valence-electron chi connectivity index (χ3n) is 8.53. The highest BCUT2D eigenvalue weighted by atomic mass is 16.5. The van der Waals surface area contributed by atoms with E-state index in [1.807, 2.05) is 0 Å². The Labute approximate surface area is 240 Å². The summed E-state index contributed by atoms with van der Waals surface area (Å²) < 4.78 is 5.60. The molecule has 0 saturated heterocycles. The minimum Gasteiger partial charge on any atom is -0.462 e. The van der Waals surface area contributed by atoms with Gasteiger partial charge in [-0.3, -0.25) is 0 Å². The van der Waals surface area contributed by atoms with E-state index in [0.29, 0.717) is 18.1 Å². The van der Waals surface area contributed by atoms with Crippen molar-refractivity contribution >= 4 is 5.97 Å². The summed E-state index contributed by atoms with van der Waals surface area (Å²) in [7, 11) is 0. The van der Waals surface area contributed by atoms with Crippen molar-refractivity contribution in [2.45, 2.75) is 189 Å². The second kappa shape index (κ2) is 27.8. The van der Waals surface area contributed by atoms with Crippen LogP contribution in [0.3, 0.4) is 0 Å². The molecule has 0 saturated carbocycles. The highest BCUT2D eigenvalue weighted by Gasteiger charge is 2.15. The molecule has 2 heteroatoms. The zero-order valence-corrected chi connectivity index (χ0v) is 26.9. The Morgan fingerprint density at radius 3 is 1.37 bits per heavy atom. The van der Waals surface area contributed by atoms with Gasteiger partial charge in [0.25, 0.3) is 0 Å². The molecule has 0 heterocycles. The van der Waals surface area contributed by atoms with Crippen molar-refractivity contribution < 1.29 is 9.53 Å². The van der Waals surface area contributed by atoms with E-state index >= 15 is 0 Å². The minimum atomic E-state index is -0.221. The fourth-order valence-electron chi connectivity index (χ4n) is 5.62. The van der Waals surface area contributed by atoms with Crippen LogP contribution in [-0.4, -0.2) is 12.6 Å². The first-order chi connectivity index (χ1) is 18.4. The predicted molar refractivity (Wildman–Crippen MR) is 170 cm³/mol. The average Bonchev–Trinajstić information content (AvgIpc) is 2.90. The molecule has 0 fully saturated rings. The van der Waals surface area contributed by atoms with Crippen LogP contribution in [0.1, 0.15) is 189 Å². The van der Waals surface area contributed by atoms with Crippen LogP contribution >= 0.6 is 0 Å². The van der Waals surface area contributed by atoms with Gasteiger partial charge in [0.15, 0.2) is 0 Å². The molecule has 0 aromatic heterocycles. The molecule has 0 aromatic carbocycles. The maximum absolute atomic E-state index is 12.0. The summed E-state index contributed by atoms with van der Waals surface area (Å²) in [5, 5.41) is 0. The van der Waals surface area contributed by atoms with Crippen LogP contribution in [0.25, 0.3) is 0 Å². The van der Waals surface area contributed by atoms with Crippen LogP contribution < -0.4 is 0 Å². The molecule has 0 bridgehead atoms. The molecule has 0 amide bonds. The lowest BCUT2D eigenvalue weighted by Gasteiger charge is -2.20. The topological polar surface area (TPSA) is 26.3 Å². The average molecular weight is 535 g/mol. The van der Waals surface area contributed by atoms with Crippen LogP contribution in [-0.2, 0) is 9.53 Å². The van der Waals surface area contributed by atoms with E-state index < -0.39 is 0 Å². The third-order valence-corrected chi connectivity index (χ3v) is 8.53. The van der Waals surface area contributed by atoms with Crippen LogP contribution in [0.5, 0.6) is 0 Å². The Morgan fingerprint density at radius 1 is 0.553 bits per heavy atom. The lowest BCUT2D eigenvalue weighted by molar-refractivity contribution is -0.140. The molecule has 0 spiro atoms. The highest BCUT2D eigenvalue weighted by Crippen LogP contribution is 2.24. The van der Waals surface area contributed by atoms with Crippen molar-refractivity contribution in [3.05, 3.63) is 12.2 Å². The van der Waals surface area contributed by atoms with Gasteiger partial charge in [0.05, 0.1) is 6.61 Å². The summed E-state index contributed by atoms with van der Waals surface area (Å²) in [6.45, 7) is 15.5. The second-order valence-electron chi connectivity index (χ2n) is 12.8. The molecule has 226 valence electrons. The lowest BCUT2D eigenvalue weighted by atomic mass is 9.89. The second-order valence-corrected chi connectivity index (χ2v) is 12.8. The smallest absolute Gasteiger partial charge is 0.333 e. The molecular formula is C36H70O2. The van der Waals surface area contributed by atoms with Crippen LogP contribution in [0.4, 0.5) is 0 Å². The van der Waals surface area contributed by atoms with E-state index in [4.69, 9.17) is 4.74 Å². The normalized spacial score (nSPS) is 13.8. The molecule has 0 radical (unpaired) electrons. The predicted octanol–water partition coefficient (Wildman–Crippen LogP) is 12.4. The van der Waals surface area contributed by atoms with Crippen LogP contribution in [0.2, 0.25) is 0 Å². The first-order valence-corrected chi connectivity index (χ1v) is 17.2. The van der Waals surface area contributed by atoms with E-state index in [-0.39, 0.29) is 5.97 Å². The lowest BCUT2D eigenvalue weighted by Crippen LogP contribution is -2.16. The molecule has 0 rings (SSSR count). The first-order valence-electron chi connectivity index (χ1n) is 17.2. The first kappa shape index (κ1) is 37.2. The number of carbonyl (C=O) groups excluding carboxylic acids is 1. The molecule has 2 nitrogen and oxygen atoms in total. The van der Waals surface area contributed by atoms with Crippen molar-refractivity contribution in [3.8, 4) is 0 Å². The summed E-state index contributed by atoms with van der Waals surface area (Å²) in [4.78, 5) is 12.0. The quantitative estimate of drug-likeness (QED) is 0.0541. The van der Waals surface area contributed by atoms with E-state index in [0.717, 1.165) is 11.8 Å². The fraction of sp³-hybridized carbons (Fsp3) is 0.917. The van der Waals surface area contributed by atoms with Crippen LogP contribution in [0, 0.1) is 17.8 Å². The maximum atomic E-state index is 12.0. The molecule has 3 unspecified atom stereocenters. The molecule has 0 aliphatic carbocycles. The SMILES string of the molecule is C=C(C)C(=O)OCC(CCCCC(C)CCCCCCCCCC)CCC(C)CCCCCCCCCC. The third kappa shape index (κ3) is 25.5. The Bertz CT molecular complexity index is 525. The number of unbranched alkanes of at least 4 members (excludes halogenated alkanes) is 15. The van der Waals surface area contributed by atoms with Gasteiger partial charge in [0.2, 0.25) is 0 Å². The Hall–Kier alpha value is -0.790. The number of carbonyl (C=O) groups is 1. The largest absolute Gasteiger partial charge is 0.462 e. The van der Waals surface area contributed by atoms with Gasteiger partial charge >= 0.3 is 5.97 Å². The maximum Gasteiger partial charge on any atom is 0.333 e. The van der Waals surface area contributed by atoms with E-state index in [1.165, 1.54) is 154 Å². The van der Waals surface area contributed by atoms with Gasteiger partial charge in [0.1, 0.15) is 0 Å². The minimum absolute atomic E-state index is 0.221. The molecule has 0 aromatic rings. The number of esters is 1. The zero-order valence-electron chi connectivity index (χ0n) is 26.9. The van der Waals surface area contributed by atoms with Gasteiger partial charge < -0.3 is 4.74 Å². The molecular weight excluding hydrogens is 464 g/mol.